The Balaban J connectivity index is 2.11. The Morgan fingerprint density at radius 2 is 1.88 bits per heavy atom. The molecule has 1 aromatic rings. The lowest BCUT2D eigenvalue weighted by Gasteiger charge is -2.33. The van der Waals surface area contributed by atoms with E-state index in [1.807, 2.05) is 24.3 Å². The van der Waals surface area contributed by atoms with Crippen molar-refractivity contribution < 1.29 is 4.39 Å². The molecule has 1 N–H and O–H groups in total. The molecule has 1 aliphatic heterocycles. The molecule has 0 aliphatic carbocycles. The summed E-state index contributed by atoms with van der Waals surface area (Å²) in [6, 6.07) is 7.34. The quantitative estimate of drug-likeness (QED) is 0.875. The summed E-state index contributed by atoms with van der Waals surface area (Å²) in [5.41, 5.74) is 1.01. The average molecular weight is 243 g/mol. The predicted octanol–water partition coefficient (Wildman–Crippen LogP) is 2.26. The van der Waals surface area contributed by atoms with Gasteiger partial charge < -0.3 is 5.32 Å². The number of nitrogens with one attached hydrogen (secondary N) is 1. The highest BCUT2D eigenvalue weighted by Gasteiger charge is 2.21. The summed E-state index contributed by atoms with van der Waals surface area (Å²) in [4.78, 5) is 2.18. The second-order valence-corrected chi connectivity index (χ2v) is 4.44. The number of rotatable bonds is 3. The third kappa shape index (κ3) is 2.73. The molecule has 88 valence electrons. The van der Waals surface area contributed by atoms with E-state index >= 15 is 0 Å². The van der Waals surface area contributed by atoms with Gasteiger partial charge in [-0.15, -0.1) is 0 Å². The fraction of sp³-hybridized carbons (Fsp3) is 0.500. The van der Waals surface area contributed by atoms with E-state index in [0.717, 1.165) is 31.7 Å². The number of nitrogens with zero attached hydrogens (tertiary/aromatic N) is 1. The van der Waals surface area contributed by atoms with Crippen LogP contribution in [0.4, 0.5) is 4.39 Å². The van der Waals surface area contributed by atoms with Gasteiger partial charge in [0, 0.05) is 31.2 Å². The molecule has 0 saturated carbocycles. The van der Waals surface area contributed by atoms with Gasteiger partial charge in [0.1, 0.15) is 6.67 Å². The smallest absolute Gasteiger partial charge is 0.109 e. The first-order valence-corrected chi connectivity index (χ1v) is 5.95. The van der Waals surface area contributed by atoms with Crippen LogP contribution in [0.3, 0.4) is 0 Å². The van der Waals surface area contributed by atoms with Gasteiger partial charge in [0.2, 0.25) is 0 Å². The maximum atomic E-state index is 13.1. The Hall–Kier alpha value is -0.640. The van der Waals surface area contributed by atoms with E-state index in [1.165, 1.54) is 0 Å². The number of halogens is 2. The van der Waals surface area contributed by atoms with Gasteiger partial charge in [-0.3, -0.25) is 4.90 Å². The van der Waals surface area contributed by atoms with Crippen molar-refractivity contribution in [3.63, 3.8) is 0 Å². The summed E-state index contributed by atoms with van der Waals surface area (Å²) in [5.74, 6) is 0. The first-order chi connectivity index (χ1) is 7.81. The van der Waals surface area contributed by atoms with Gasteiger partial charge in [-0.05, 0) is 17.7 Å². The van der Waals surface area contributed by atoms with Crippen molar-refractivity contribution >= 4 is 11.6 Å². The highest BCUT2D eigenvalue weighted by Crippen LogP contribution is 2.23. The molecule has 0 spiro atoms. The molecule has 2 rings (SSSR count). The maximum absolute atomic E-state index is 13.1. The molecule has 0 radical (unpaired) electrons. The second kappa shape index (κ2) is 5.62. The molecule has 2 nitrogen and oxygen atoms in total. The average Bonchev–Trinajstić information content (AvgIpc) is 2.34. The Morgan fingerprint density at radius 3 is 2.44 bits per heavy atom. The Labute approximate surface area is 100 Å². The van der Waals surface area contributed by atoms with Crippen LogP contribution in [0.25, 0.3) is 0 Å². The third-order valence-electron chi connectivity index (χ3n) is 2.99. The van der Waals surface area contributed by atoms with Crippen molar-refractivity contribution in [3.05, 3.63) is 34.9 Å². The number of benzene rings is 1. The zero-order valence-electron chi connectivity index (χ0n) is 9.13. The van der Waals surface area contributed by atoms with E-state index in [1.54, 1.807) is 0 Å². The first kappa shape index (κ1) is 11.8. The topological polar surface area (TPSA) is 15.3 Å². The molecule has 16 heavy (non-hydrogen) atoms. The SMILES string of the molecule is FC[C@@H](c1ccc(Cl)cc1)N1CCNCC1. The third-order valence-corrected chi connectivity index (χ3v) is 3.25. The lowest BCUT2D eigenvalue weighted by molar-refractivity contribution is 0.147. The lowest BCUT2D eigenvalue weighted by Crippen LogP contribution is -2.45. The van der Waals surface area contributed by atoms with Crippen molar-refractivity contribution in [1.82, 2.24) is 10.2 Å². The molecule has 1 aliphatic rings. The molecule has 1 aromatic carbocycles. The monoisotopic (exact) mass is 242 g/mol. The van der Waals surface area contributed by atoms with Gasteiger partial charge in [0.15, 0.2) is 0 Å². The molecule has 0 bridgehead atoms. The van der Waals surface area contributed by atoms with Gasteiger partial charge in [-0.1, -0.05) is 23.7 Å². The summed E-state index contributed by atoms with van der Waals surface area (Å²) in [7, 11) is 0. The number of hydrogen-bond donors (Lipinski definition) is 1. The fourth-order valence-corrected chi connectivity index (χ4v) is 2.20. The largest absolute Gasteiger partial charge is 0.314 e. The van der Waals surface area contributed by atoms with E-state index in [0.29, 0.717) is 5.02 Å². The second-order valence-electron chi connectivity index (χ2n) is 4.01. The van der Waals surface area contributed by atoms with Crippen LogP contribution in [0, 0.1) is 0 Å². The summed E-state index contributed by atoms with van der Waals surface area (Å²) in [5, 5.41) is 3.97. The van der Waals surface area contributed by atoms with Gasteiger partial charge in [0.05, 0.1) is 6.04 Å². The predicted molar refractivity (Wildman–Crippen MR) is 64.6 cm³/mol. The van der Waals surface area contributed by atoms with Gasteiger partial charge in [-0.2, -0.15) is 0 Å². The normalized spacial score (nSPS) is 19.6. The van der Waals surface area contributed by atoms with E-state index < -0.39 is 0 Å². The highest BCUT2D eigenvalue weighted by molar-refractivity contribution is 6.30. The van der Waals surface area contributed by atoms with Crippen LogP contribution in [0.2, 0.25) is 5.02 Å². The van der Waals surface area contributed by atoms with Crippen LogP contribution < -0.4 is 5.32 Å². The maximum Gasteiger partial charge on any atom is 0.109 e. The molecule has 0 amide bonds. The summed E-state index contributed by atoms with van der Waals surface area (Å²) in [6.07, 6.45) is 0. The summed E-state index contributed by atoms with van der Waals surface area (Å²) < 4.78 is 13.1. The van der Waals surface area contributed by atoms with Crippen LogP contribution in [-0.4, -0.2) is 37.8 Å². The van der Waals surface area contributed by atoms with Gasteiger partial charge in [0.25, 0.3) is 0 Å². The van der Waals surface area contributed by atoms with E-state index in [-0.39, 0.29) is 12.7 Å². The number of alkyl halides is 1. The fourth-order valence-electron chi connectivity index (χ4n) is 2.08. The molecule has 1 fully saturated rings. The molecule has 1 saturated heterocycles. The summed E-state index contributed by atoms with van der Waals surface area (Å²) >= 11 is 5.83. The van der Waals surface area contributed by atoms with Crippen LogP contribution in [0.1, 0.15) is 11.6 Å². The number of hydrogen-bond acceptors (Lipinski definition) is 2. The molecule has 4 heteroatoms. The molecule has 1 heterocycles. The van der Waals surface area contributed by atoms with Crippen LogP contribution >= 0.6 is 11.6 Å². The van der Waals surface area contributed by atoms with E-state index in [4.69, 9.17) is 11.6 Å². The molecule has 1 atom stereocenters. The molecular weight excluding hydrogens is 227 g/mol. The van der Waals surface area contributed by atoms with Crippen molar-refractivity contribution in [3.8, 4) is 0 Å². The van der Waals surface area contributed by atoms with Crippen molar-refractivity contribution in [2.24, 2.45) is 0 Å². The van der Waals surface area contributed by atoms with Crippen molar-refractivity contribution in [1.29, 1.82) is 0 Å². The van der Waals surface area contributed by atoms with E-state index in [9.17, 15) is 4.39 Å². The zero-order chi connectivity index (χ0) is 11.4. The van der Waals surface area contributed by atoms with Gasteiger partial charge in [-0.25, -0.2) is 4.39 Å². The zero-order valence-corrected chi connectivity index (χ0v) is 9.88. The standard InChI is InChI=1S/C12H16ClFN2/c13-11-3-1-10(2-4-11)12(9-14)16-7-5-15-6-8-16/h1-4,12,15H,5-9H2/t12-/m0/s1. The van der Waals surface area contributed by atoms with E-state index in [2.05, 4.69) is 10.2 Å². The minimum Gasteiger partial charge on any atom is -0.314 e. The Kier molecular flexibility index (Phi) is 4.16. The van der Waals surface area contributed by atoms with Crippen molar-refractivity contribution in [2.45, 2.75) is 6.04 Å². The summed E-state index contributed by atoms with van der Waals surface area (Å²) in [6.45, 7) is 3.32. The minimum atomic E-state index is -0.346. The first-order valence-electron chi connectivity index (χ1n) is 5.57. The molecular formula is C12H16ClFN2. The highest BCUT2D eigenvalue weighted by atomic mass is 35.5. The minimum absolute atomic E-state index is 0.126. The van der Waals surface area contributed by atoms with Gasteiger partial charge >= 0.3 is 0 Å². The van der Waals surface area contributed by atoms with Crippen LogP contribution in [0.15, 0.2) is 24.3 Å². The number of piperazine rings is 1. The van der Waals surface area contributed by atoms with Crippen LogP contribution in [-0.2, 0) is 0 Å². The Morgan fingerprint density at radius 1 is 1.25 bits per heavy atom. The molecule has 0 unspecified atom stereocenters. The van der Waals surface area contributed by atoms with Crippen molar-refractivity contribution in [2.75, 3.05) is 32.9 Å². The Bertz CT molecular complexity index is 322. The molecule has 0 aromatic heterocycles. The van der Waals surface area contributed by atoms with Crippen LogP contribution in [0.5, 0.6) is 0 Å². The lowest BCUT2D eigenvalue weighted by atomic mass is 10.1.